The second-order valence-electron chi connectivity index (χ2n) is 5.21. The van der Waals surface area contributed by atoms with E-state index < -0.39 is 0 Å². The minimum Gasteiger partial charge on any atom is -0.155 e. The van der Waals surface area contributed by atoms with Gasteiger partial charge in [0, 0.05) is 0 Å². The molecule has 108 valence electrons. The van der Waals surface area contributed by atoms with Gasteiger partial charge in [-0.25, -0.2) is 0 Å². The summed E-state index contributed by atoms with van der Waals surface area (Å²) in [4.78, 5) is 0. The van der Waals surface area contributed by atoms with E-state index in [1.807, 2.05) is 27.7 Å². The first-order valence-electron chi connectivity index (χ1n) is 8.06. The lowest BCUT2D eigenvalue weighted by molar-refractivity contribution is 0.435. The summed E-state index contributed by atoms with van der Waals surface area (Å²) in [6.07, 6.45) is 8.15. The van der Waals surface area contributed by atoms with E-state index in [1.54, 1.807) is 5.56 Å². The van der Waals surface area contributed by atoms with Crippen molar-refractivity contribution in [3.63, 3.8) is 0 Å². The van der Waals surface area contributed by atoms with Crippen molar-refractivity contribution in [3.8, 4) is 0 Å². The molecule has 2 aliphatic rings. The average molecular weight is 262 g/mol. The van der Waals surface area contributed by atoms with Crippen LogP contribution < -0.4 is 0 Å². The SMILES string of the molecule is CC.CC.Cc1nnc(C)c2c1CCC21CCCC1. The summed E-state index contributed by atoms with van der Waals surface area (Å²) in [7, 11) is 0. The molecule has 0 aromatic carbocycles. The molecule has 0 unspecified atom stereocenters. The van der Waals surface area contributed by atoms with Crippen molar-refractivity contribution in [1.82, 2.24) is 10.2 Å². The number of fused-ring (bicyclic) bond motifs is 2. The zero-order chi connectivity index (χ0) is 14.5. The Balaban J connectivity index is 0.000000415. The first-order valence-corrected chi connectivity index (χ1v) is 8.06. The topological polar surface area (TPSA) is 25.8 Å². The Morgan fingerprint density at radius 1 is 0.789 bits per heavy atom. The molecule has 1 spiro atoms. The second-order valence-corrected chi connectivity index (χ2v) is 5.21. The Bertz CT molecular complexity index is 404. The molecule has 3 rings (SSSR count). The Morgan fingerprint density at radius 3 is 1.89 bits per heavy atom. The van der Waals surface area contributed by atoms with Crippen LogP contribution in [0.1, 0.15) is 82.3 Å². The fraction of sp³-hybridized carbons (Fsp3) is 0.765. The lowest BCUT2D eigenvalue weighted by Gasteiger charge is -2.25. The van der Waals surface area contributed by atoms with E-state index in [2.05, 4.69) is 24.0 Å². The summed E-state index contributed by atoms with van der Waals surface area (Å²) < 4.78 is 0. The summed E-state index contributed by atoms with van der Waals surface area (Å²) in [6.45, 7) is 12.2. The molecule has 0 amide bonds. The largest absolute Gasteiger partial charge is 0.155 e. The van der Waals surface area contributed by atoms with Gasteiger partial charge in [0.2, 0.25) is 0 Å². The van der Waals surface area contributed by atoms with Crippen molar-refractivity contribution >= 4 is 0 Å². The summed E-state index contributed by atoms with van der Waals surface area (Å²) in [6, 6.07) is 0. The highest BCUT2D eigenvalue weighted by Gasteiger charge is 2.43. The molecule has 19 heavy (non-hydrogen) atoms. The predicted octanol–water partition coefficient (Wildman–Crippen LogP) is 4.90. The van der Waals surface area contributed by atoms with Crippen LogP contribution in [0, 0.1) is 13.8 Å². The highest BCUT2D eigenvalue weighted by molar-refractivity contribution is 5.43. The molecule has 1 aromatic heterocycles. The Labute approximate surface area is 119 Å². The molecule has 0 atom stereocenters. The van der Waals surface area contributed by atoms with Gasteiger partial charge in [-0.15, -0.1) is 0 Å². The average Bonchev–Trinajstić information content (AvgIpc) is 3.09. The van der Waals surface area contributed by atoms with Gasteiger partial charge in [0.25, 0.3) is 0 Å². The van der Waals surface area contributed by atoms with E-state index in [4.69, 9.17) is 0 Å². The van der Waals surface area contributed by atoms with Crippen molar-refractivity contribution in [2.24, 2.45) is 0 Å². The van der Waals surface area contributed by atoms with Gasteiger partial charge in [0.15, 0.2) is 0 Å². The van der Waals surface area contributed by atoms with Crippen molar-refractivity contribution < 1.29 is 0 Å². The van der Waals surface area contributed by atoms with Gasteiger partial charge in [-0.2, -0.15) is 10.2 Å². The molecule has 2 aliphatic carbocycles. The van der Waals surface area contributed by atoms with E-state index in [0.717, 1.165) is 0 Å². The number of hydrogen-bond acceptors (Lipinski definition) is 2. The summed E-state index contributed by atoms with van der Waals surface area (Å²) in [5.74, 6) is 0. The van der Waals surface area contributed by atoms with Crippen molar-refractivity contribution in [2.75, 3.05) is 0 Å². The van der Waals surface area contributed by atoms with Crippen LogP contribution >= 0.6 is 0 Å². The fourth-order valence-electron chi connectivity index (χ4n) is 3.71. The van der Waals surface area contributed by atoms with Crippen LogP contribution in [0.3, 0.4) is 0 Å². The van der Waals surface area contributed by atoms with Gasteiger partial charge in [-0.05, 0) is 56.1 Å². The molecule has 1 saturated carbocycles. The standard InChI is InChI=1S/C13H18N2.2C2H6/c1-9-11-5-8-13(6-3-4-7-13)12(11)10(2)15-14-9;2*1-2/h3-8H2,1-2H3;2*1-2H3. The molecular weight excluding hydrogens is 232 g/mol. The molecule has 0 saturated heterocycles. The molecular formula is C17H30N2. The minimum absolute atomic E-state index is 0.500. The van der Waals surface area contributed by atoms with Crippen LogP contribution in [0.4, 0.5) is 0 Å². The molecule has 2 heteroatoms. The van der Waals surface area contributed by atoms with Gasteiger partial charge in [-0.3, -0.25) is 0 Å². The van der Waals surface area contributed by atoms with Crippen LogP contribution in [0.15, 0.2) is 0 Å². The van der Waals surface area contributed by atoms with Gasteiger partial charge in [-0.1, -0.05) is 40.5 Å². The van der Waals surface area contributed by atoms with Crippen molar-refractivity contribution in [2.45, 2.75) is 85.5 Å². The molecule has 1 fully saturated rings. The smallest absolute Gasteiger partial charge is 0.0640 e. The molecule has 0 aliphatic heterocycles. The van der Waals surface area contributed by atoms with Gasteiger partial charge >= 0.3 is 0 Å². The van der Waals surface area contributed by atoms with Crippen molar-refractivity contribution in [3.05, 3.63) is 22.5 Å². The van der Waals surface area contributed by atoms with Gasteiger partial charge in [0.1, 0.15) is 0 Å². The zero-order valence-electron chi connectivity index (χ0n) is 13.6. The van der Waals surface area contributed by atoms with Crippen molar-refractivity contribution in [1.29, 1.82) is 0 Å². The van der Waals surface area contributed by atoms with Gasteiger partial charge in [0.05, 0.1) is 11.4 Å². The predicted molar refractivity (Wildman–Crippen MR) is 82.7 cm³/mol. The van der Waals surface area contributed by atoms with E-state index >= 15 is 0 Å². The van der Waals surface area contributed by atoms with E-state index in [-0.39, 0.29) is 0 Å². The number of aryl methyl sites for hydroxylation is 2. The third kappa shape index (κ3) is 2.82. The number of rotatable bonds is 0. The van der Waals surface area contributed by atoms with E-state index in [9.17, 15) is 0 Å². The lowest BCUT2D eigenvalue weighted by atomic mass is 9.79. The zero-order valence-corrected chi connectivity index (χ0v) is 13.6. The first kappa shape index (κ1) is 16.1. The van der Waals surface area contributed by atoms with Gasteiger partial charge < -0.3 is 0 Å². The maximum absolute atomic E-state index is 4.32. The lowest BCUT2D eigenvalue weighted by Crippen LogP contribution is -2.20. The molecule has 1 heterocycles. The minimum atomic E-state index is 0.500. The summed E-state index contributed by atoms with van der Waals surface area (Å²) >= 11 is 0. The molecule has 1 aromatic rings. The highest BCUT2D eigenvalue weighted by atomic mass is 15.1. The highest BCUT2D eigenvalue weighted by Crippen LogP contribution is 2.51. The summed E-state index contributed by atoms with van der Waals surface area (Å²) in [5, 5.41) is 8.57. The molecule has 2 nitrogen and oxygen atoms in total. The monoisotopic (exact) mass is 262 g/mol. The quantitative estimate of drug-likeness (QED) is 0.664. The Morgan fingerprint density at radius 2 is 1.32 bits per heavy atom. The fourth-order valence-corrected chi connectivity index (χ4v) is 3.71. The maximum Gasteiger partial charge on any atom is 0.0640 e. The normalized spacial score (nSPS) is 18.2. The number of aromatic nitrogens is 2. The van der Waals surface area contributed by atoms with Crippen LogP contribution in [0.5, 0.6) is 0 Å². The number of nitrogens with zero attached hydrogens (tertiary/aromatic N) is 2. The van der Waals surface area contributed by atoms with E-state index in [1.165, 1.54) is 55.5 Å². The Hall–Kier alpha value is -0.920. The first-order chi connectivity index (χ1) is 9.23. The third-order valence-corrected chi connectivity index (χ3v) is 4.39. The van der Waals surface area contributed by atoms with Crippen LogP contribution in [0.25, 0.3) is 0 Å². The van der Waals surface area contributed by atoms with Crippen LogP contribution in [-0.4, -0.2) is 10.2 Å². The maximum atomic E-state index is 4.32. The molecule has 0 N–H and O–H groups in total. The second kappa shape index (κ2) is 7.02. The summed E-state index contributed by atoms with van der Waals surface area (Å²) in [5.41, 5.74) is 5.95. The molecule has 0 bridgehead atoms. The number of hydrogen-bond donors (Lipinski definition) is 0. The van der Waals surface area contributed by atoms with Crippen LogP contribution in [0.2, 0.25) is 0 Å². The molecule has 0 radical (unpaired) electrons. The van der Waals surface area contributed by atoms with E-state index in [0.29, 0.717) is 5.41 Å². The van der Waals surface area contributed by atoms with Crippen LogP contribution in [-0.2, 0) is 11.8 Å². The third-order valence-electron chi connectivity index (χ3n) is 4.39. The Kier molecular flexibility index (Phi) is 5.96.